The van der Waals surface area contributed by atoms with Crippen LogP contribution in [0, 0.1) is 5.82 Å². The third-order valence-corrected chi connectivity index (χ3v) is 3.20. The first-order valence-electron chi connectivity index (χ1n) is 7.12. The number of nitrogens with zero attached hydrogens (tertiary/aromatic N) is 5. The van der Waals surface area contributed by atoms with Crippen LogP contribution >= 0.6 is 0 Å². The number of nitrogens with one attached hydrogen (secondary N) is 1. The predicted octanol–water partition coefficient (Wildman–Crippen LogP) is 1.94. The Morgan fingerprint density at radius 3 is 2.65 bits per heavy atom. The van der Waals surface area contributed by atoms with Crippen molar-refractivity contribution in [3.05, 3.63) is 48.7 Å². The van der Waals surface area contributed by atoms with E-state index in [0.29, 0.717) is 12.4 Å². The Kier molecular flexibility index (Phi) is 4.13. The number of benzene rings is 1. The molecule has 0 aliphatic rings. The molecule has 7 nitrogen and oxygen atoms in total. The maximum atomic E-state index is 12.9. The lowest BCUT2D eigenvalue weighted by atomic mass is 10.1. The van der Waals surface area contributed by atoms with Crippen molar-refractivity contribution >= 4 is 11.7 Å². The topological polar surface area (TPSA) is 77.6 Å². The highest BCUT2D eigenvalue weighted by Crippen LogP contribution is 2.18. The smallest absolute Gasteiger partial charge is 0.247 e. The molecule has 0 fully saturated rings. The van der Waals surface area contributed by atoms with Crippen molar-refractivity contribution in [3.8, 4) is 11.1 Å². The van der Waals surface area contributed by atoms with E-state index in [4.69, 9.17) is 0 Å². The number of rotatable bonds is 5. The predicted molar refractivity (Wildman–Crippen MR) is 81.9 cm³/mol. The molecule has 0 aliphatic heterocycles. The van der Waals surface area contributed by atoms with E-state index >= 15 is 0 Å². The molecule has 3 aromatic rings. The fraction of sp³-hybridized carbons (Fsp3) is 0.200. The van der Waals surface area contributed by atoms with Gasteiger partial charge in [-0.3, -0.25) is 9.48 Å². The SMILES string of the molecule is CCn1ncc(NC(=O)Cn2cc(-c3ccc(F)cc3)cn2)n1. The van der Waals surface area contributed by atoms with Crippen molar-refractivity contribution in [1.29, 1.82) is 0 Å². The standard InChI is InChI=1S/C15H15FN6O/c1-2-22-18-8-14(20-22)19-15(23)10-21-9-12(7-17-21)11-3-5-13(16)6-4-11/h3-9H,2,10H2,1H3,(H,19,20,23). The Bertz CT molecular complexity index is 807. The summed E-state index contributed by atoms with van der Waals surface area (Å²) in [6.45, 7) is 2.60. The van der Waals surface area contributed by atoms with E-state index in [2.05, 4.69) is 20.6 Å². The number of aryl methyl sites for hydroxylation is 1. The summed E-state index contributed by atoms with van der Waals surface area (Å²) in [5, 5.41) is 14.9. The zero-order valence-corrected chi connectivity index (χ0v) is 12.5. The van der Waals surface area contributed by atoms with Gasteiger partial charge in [-0.1, -0.05) is 12.1 Å². The van der Waals surface area contributed by atoms with Crippen LogP contribution < -0.4 is 5.32 Å². The number of carbonyl (C=O) groups is 1. The summed E-state index contributed by atoms with van der Waals surface area (Å²) in [6.07, 6.45) is 4.86. The Morgan fingerprint density at radius 1 is 1.17 bits per heavy atom. The first kappa shape index (κ1) is 14.9. The second-order valence-corrected chi connectivity index (χ2v) is 4.90. The molecule has 0 saturated heterocycles. The third-order valence-electron chi connectivity index (χ3n) is 3.20. The van der Waals surface area contributed by atoms with Crippen LogP contribution in [0.4, 0.5) is 10.2 Å². The van der Waals surface area contributed by atoms with E-state index in [9.17, 15) is 9.18 Å². The van der Waals surface area contributed by atoms with Crippen LogP contribution in [-0.4, -0.2) is 30.7 Å². The van der Waals surface area contributed by atoms with E-state index in [1.165, 1.54) is 27.8 Å². The molecule has 3 rings (SSSR count). The molecule has 1 N–H and O–H groups in total. The summed E-state index contributed by atoms with van der Waals surface area (Å²) in [5.74, 6) is -0.134. The van der Waals surface area contributed by atoms with Gasteiger partial charge in [-0.2, -0.15) is 15.0 Å². The number of halogens is 1. The molecular formula is C15H15FN6O. The van der Waals surface area contributed by atoms with Crippen molar-refractivity contribution in [1.82, 2.24) is 24.8 Å². The van der Waals surface area contributed by atoms with Gasteiger partial charge in [0.25, 0.3) is 0 Å². The van der Waals surface area contributed by atoms with Gasteiger partial charge in [-0.15, -0.1) is 5.10 Å². The first-order valence-corrected chi connectivity index (χ1v) is 7.12. The zero-order chi connectivity index (χ0) is 16.2. The molecule has 0 unspecified atom stereocenters. The fourth-order valence-electron chi connectivity index (χ4n) is 2.08. The molecule has 8 heteroatoms. The average Bonchev–Trinajstić information content (AvgIpc) is 3.17. The molecule has 1 amide bonds. The second kappa shape index (κ2) is 6.39. The second-order valence-electron chi connectivity index (χ2n) is 4.90. The van der Waals surface area contributed by atoms with Gasteiger partial charge in [0, 0.05) is 11.8 Å². The van der Waals surface area contributed by atoms with Gasteiger partial charge in [0.1, 0.15) is 12.4 Å². The van der Waals surface area contributed by atoms with Gasteiger partial charge in [0.05, 0.1) is 18.9 Å². The number of hydrogen-bond acceptors (Lipinski definition) is 4. The minimum absolute atomic E-state index is 0.0557. The van der Waals surface area contributed by atoms with Crippen LogP contribution in [0.15, 0.2) is 42.9 Å². The molecule has 23 heavy (non-hydrogen) atoms. The monoisotopic (exact) mass is 314 g/mol. The van der Waals surface area contributed by atoms with Crippen LogP contribution in [0.3, 0.4) is 0 Å². The molecule has 1 aromatic carbocycles. The highest BCUT2D eigenvalue weighted by Gasteiger charge is 2.08. The normalized spacial score (nSPS) is 10.7. The summed E-state index contributed by atoms with van der Waals surface area (Å²) in [7, 11) is 0. The van der Waals surface area contributed by atoms with Crippen molar-refractivity contribution in [2.75, 3.05) is 5.32 Å². The van der Waals surface area contributed by atoms with Crippen molar-refractivity contribution < 1.29 is 9.18 Å². The van der Waals surface area contributed by atoms with Gasteiger partial charge in [0.15, 0.2) is 5.82 Å². The van der Waals surface area contributed by atoms with Gasteiger partial charge in [-0.25, -0.2) is 4.39 Å². The lowest BCUT2D eigenvalue weighted by Gasteiger charge is -2.01. The number of amides is 1. The molecule has 0 spiro atoms. The van der Waals surface area contributed by atoms with E-state index in [-0.39, 0.29) is 18.3 Å². The minimum atomic E-state index is -0.291. The van der Waals surface area contributed by atoms with E-state index in [1.54, 1.807) is 24.5 Å². The highest BCUT2D eigenvalue weighted by atomic mass is 19.1. The molecule has 0 saturated carbocycles. The van der Waals surface area contributed by atoms with Gasteiger partial charge in [-0.05, 0) is 24.6 Å². The van der Waals surface area contributed by atoms with Crippen molar-refractivity contribution in [2.24, 2.45) is 0 Å². The molecule has 0 radical (unpaired) electrons. The quantitative estimate of drug-likeness (QED) is 0.780. The van der Waals surface area contributed by atoms with Crippen molar-refractivity contribution in [3.63, 3.8) is 0 Å². The Morgan fingerprint density at radius 2 is 1.96 bits per heavy atom. The first-order chi connectivity index (χ1) is 11.1. The van der Waals surface area contributed by atoms with Crippen LogP contribution in [0.2, 0.25) is 0 Å². The van der Waals surface area contributed by atoms with Gasteiger partial charge < -0.3 is 5.32 Å². The number of aromatic nitrogens is 5. The number of anilines is 1. The average molecular weight is 314 g/mol. The molecule has 118 valence electrons. The molecule has 2 heterocycles. The summed E-state index contributed by atoms with van der Waals surface area (Å²) in [4.78, 5) is 13.5. The van der Waals surface area contributed by atoms with Crippen LogP contribution in [0.5, 0.6) is 0 Å². The Hall–Kier alpha value is -3.03. The molecule has 0 aliphatic carbocycles. The summed E-state index contributed by atoms with van der Waals surface area (Å²) >= 11 is 0. The molecular weight excluding hydrogens is 299 g/mol. The maximum Gasteiger partial charge on any atom is 0.247 e. The summed E-state index contributed by atoms with van der Waals surface area (Å²) in [6, 6.07) is 6.10. The molecule has 0 atom stereocenters. The third kappa shape index (κ3) is 3.60. The number of hydrogen-bond donors (Lipinski definition) is 1. The van der Waals surface area contributed by atoms with E-state index in [1.807, 2.05) is 6.92 Å². The van der Waals surface area contributed by atoms with Gasteiger partial charge >= 0.3 is 0 Å². The summed E-state index contributed by atoms with van der Waals surface area (Å²) in [5.41, 5.74) is 1.65. The minimum Gasteiger partial charge on any atom is -0.306 e. The number of carbonyl (C=O) groups excluding carboxylic acids is 1. The highest BCUT2D eigenvalue weighted by molar-refractivity contribution is 5.89. The fourth-order valence-corrected chi connectivity index (χ4v) is 2.08. The lowest BCUT2D eigenvalue weighted by molar-refractivity contribution is -0.116. The Balaban J connectivity index is 1.64. The van der Waals surface area contributed by atoms with E-state index in [0.717, 1.165) is 11.1 Å². The van der Waals surface area contributed by atoms with Crippen LogP contribution in [0.1, 0.15) is 6.92 Å². The maximum absolute atomic E-state index is 12.9. The zero-order valence-electron chi connectivity index (χ0n) is 12.5. The van der Waals surface area contributed by atoms with Crippen LogP contribution in [-0.2, 0) is 17.9 Å². The van der Waals surface area contributed by atoms with E-state index < -0.39 is 0 Å². The lowest BCUT2D eigenvalue weighted by Crippen LogP contribution is -2.19. The largest absolute Gasteiger partial charge is 0.306 e. The van der Waals surface area contributed by atoms with Gasteiger partial charge in [0.2, 0.25) is 5.91 Å². The van der Waals surface area contributed by atoms with Crippen molar-refractivity contribution in [2.45, 2.75) is 20.0 Å². The molecule has 0 bridgehead atoms. The van der Waals surface area contributed by atoms with Crippen LogP contribution in [0.25, 0.3) is 11.1 Å². The Labute approximate surface area is 131 Å². The summed E-state index contributed by atoms with van der Waals surface area (Å²) < 4.78 is 14.4. The molecule has 2 aromatic heterocycles.